The molecule has 1 aliphatic carbocycles. The second-order valence-electron chi connectivity index (χ2n) is 2.69. The quantitative estimate of drug-likeness (QED) is 0.561. The molecule has 0 aromatic heterocycles. The van der Waals surface area contributed by atoms with Gasteiger partial charge >= 0.3 is 71.9 Å². The molecule has 0 spiro atoms. The number of rotatable bonds is 0. The molecular formula is C8H11Zr. The summed E-state index contributed by atoms with van der Waals surface area (Å²) in [6.07, 6.45) is 1.25. The van der Waals surface area contributed by atoms with E-state index in [1.807, 2.05) is 0 Å². The SMILES string of the molecule is CC1=C(C)C(C)=[C]([Zr])C1. The Morgan fingerprint density at radius 2 is 1.67 bits per heavy atom. The van der Waals surface area contributed by atoms with Crippen LogP contribution in [0.3, 0.4) is 0 Å². The van der Waals surface area contributed by atoms with Gasteiger partial charge in [0.25, 0.3) is 0 Å². The Labute approximate surface area is 71.9 Å². The molecule has 0 aromatic rings. The van der Waals surface area contributed by atoms with Gasteiger partial charge in [-0.2, -0.15) is 0 Å². The molecule has 0 bridgehead atoms. The Hall–Kier alpha value is 0.363. The zero-order chi connectivity index (χ0) is 7.02. The van der Waals surface area contributed by atoms with Crippen LogP contribution in [0.4, 0.5) is 0 Å². The Morgan fingerprint density at radius 1 is 1.11 bits per heavy atom. The van der Waals surface area contributed by atoms with Gasteiger partial charge in [0.05, 0.1) is 0 Å². The predicted molar refractivity (Wildman–Crippen MR) is 35.7 cm³/mol. The van der Waals surface area contributed by atoms with Gasteiger partial charge in [-0.25, -0.2) is 0 Å². The minimum absolute atomic E-state index is 1.25. The summed E-state index contributed by atoms with van der Waals surface area (Å²) in [6, 6.07) is 0. The van der Waals surface area contributed by atoms with Crippen LogP contribution in [-0.4, -0.2) is 0 Å². The molecule has 0 heterocycles. The summed E-state index contributed by atoms with van der Waals surface area (Å²) in [5, 5.41) is 0. The van der Waals surface area contributed by atoms with E-state index in [0.29, 0.717) is 0 Å². The number of allylic oxidation sites excluding steroid dienone is 4. The van der Waals surface area contributed by atoms with E-state index in [1.165, 1.54) is 12.0 Å². The second kappa shape index (κ2) is 2.54. The molecule has 47 valence electrons. The van der Waals surface area contributed by atoms with E-state index < -0.39 is 0 Å². The average molecular weight is 198 g/mol. The first kappa shape index (κ1) is 7.47. The van der Waals surface area contributed by atoms with E-state index >= 15 is 0 Å². The Morgan fingerprint density at radius 3 is 1.78 bits per heavy atom. The van der Waals surface area contributed by atoms with Gasteiger partial charge in [-0.1, -0.05) is 0 Å². The molecule has 1 rings (SSSR count). The third-order valence-corrected chi connectivity index (χ3v) is 3.45. The molecule has 0 fully saturated rings. The van der Waals surface area contributed by atoms with E-state index in [2.05, 4.69) is 20.8 Å². The molecular weight excluding hydrogens is 187 g/mol. The zero-order valence-corrected chi connectivity index (χ0v) is 8.67. The van der Waals surface area contributed by atoms with Crippen molar-refractivity contribution in [2.45, 2.75) is 27.2 Å². The van der Waals surface area contributed by atoms with Crippen LogP contribution < -0.4 is 0 Å². The van der Waals surface area contributed by atoms with Crippen LogP contribution in [-0.2, 0) is 24.7 Å². The van der Waals surface area contributed by atoms with Gasteiger partial charge in [0.2, 0.25) is 0 Å². The molecule has 0 saturated carbocycles. The van der Waals surface area contributed by atoms with Gasteiger partial charge in [-0.15, -0.1) is 0 Å². The first-order chi connectivity index (χ1) is 4.13. The van der Waals surface area contributed by atoms with Crippen molar-refractivity contribution in [3.63, 3.8) is 0 Å². The van der Waals surface area contributed by atoms with Crippen LogP contribution >= 0.6 is 0 Å². The molecule has 1 aliphatic rings. The van der Waals surface area contributed by atoms with Crippen molar-refractivity contribution >= 4 is 0 Å². The van der Waals surface area contributed by atoms with E-state index in [0.717, 1.165) is 0 Å². The summed E-state index contributed by atoms with van der Waals surface area (Å²) >= 11 is 1.59. The van der Waals surface area contributed by atoms with Crippen molar-refractivity contribution in [3.05, 3.63) is 20.0 Å². The molecule has 0 saturated heterocycles. The molecule has 9 heavy (non-hydrogen) atoms. The fourth-order valence-corrected chi connectivity index (χ4v) is 2.19. The molecule has 0 nitrogen and oxygen atoms in total. The van der Waals surface area contributed by atoms with Crippen molar-refractivity contribution in [1.29, 1.82) is 0 Å². The Balaban J connectivity index is 2.97. The van der Waals surface area contributed by atoms with E-state index in [9.17, 15) is 0 Å². The van der Waals surface area contributed by atoms with Crippen molar-refractivity contribution in [2.75, 3.05) is 0 Å². The summed E-state index contributed by atoms with van der Waals surface area (Å²) in [5.41, 5.74) is 4.65. The fourth-order valence-electron chi connectivity index (χ4n) is 1.08. The summed E-state index contributed by atoms with van der Waals surface area (Å²) < 4.78 is 1.64. The van der Waals surface area contributed by atoms with E-state index in [4.69, 9.17) is 0 Å². The minimum atomic E-state index is 1.25. The van der Waals surface area contributed by atoms with Crippen molar-refractivity contribution in [3.8, 4) is 0 Å². The summed E-state index contributed by atoms with van der Waals surface area (Å²) in [4.78, 5) is 0. The molecule has 0 aromatic carbocycles. The monoisotopic (exact) mass is 197 g/mol. The maximum absolute atomic E-state index is 2.23. The van der Waals surface area contributed by atoms with Crippen molar-refractivity contribution in [1.82, 2.24) is 0 Å². The zero-order valence-electron chi connectivity index (χ0n) is 6.21. The summed E-state index contributed by atoms with van der Waals surface area (Å²) in [5.74, 6) is 0. The van der Waals surface area contributed by atoms with E-state index in [1.54, 1.807) is 39.1 Å². The molecule has 0 unspecified atom stereocenters. The normalized spacial score (nSPS) is 19.8. The van der Waals surface area contributed by atoms with Gasteiger partial charge < -0.3 is 0 Å². The third-order valence-electron chi connectivity index (χ3n) is 2.10. The summed E-state index contributed by atoms with van der Waals surface area (Å²) in [6.45, 7) is 6.69. The first-order valence-electron chi connectivity index (χ1n) is 3.21. The number of hydrogen-bond donors (Lipinski definition) is 0. The van der Waals surface area contributed by atoms with Crippen molar-refractivity contribution < 1.29 is 24.7 Å². The van der Waals surface area contributed by atoms with Gasteiger partial charge in [-0.3, -0.25) is 0 Å². The average Bonchev–Trinajstić information content (AvgIpc) is 1.98. The Kier molecular flexibility index (Phi) is 2.11. The molecule has 0 amide bonds. The number of hydrogen-bond acceptors (Lipinski definition) is 0. The molecule has 0 atom stereocenters. The van der Waals surface area contributed by atoms with Crippen LogP contribution in [0.5, 0.6) is 0 Å². The topological polar surface area (TPSA) is 0 Å². The standard InChI is InChI=1S/C8H11.Zr/c1-6-4-5-7(2)8(6)3;/h4H2,1-3H3;. The molecule has 0 radical (unpaired) electrons. The molecule has 1 heteroatoms. The van der Waals surface area contributed by atoms with Gasteiger partial charge in [-0.05, 0) is 0 Å². The van der Waals surface area contributed by atoms with Gasteiger partial charge in [0.1, 0.15) is 0 Å². The van der Waals surface area contributed by atoms with Gasteiger partial charge in [0, 0.05) is 0 Å². The third kappa shape index (κ3) is 1.26. The summed E-state index contributed by atoms with van der Waals surface area (Å²) in [7, 11) is 0. The Bertz CT molecular complexity index is 175. The molecule has 0 N–H and O–H groups in total. The fraction of sp³-hybridized carbons (Fsp3) is 0.500. The van der Waals surface area contributed by atoms with Gasteiger partial charge in [0.15, 0.2) is 0 Å². The van der Waals surface area contributed by atoms with Crippen LogP contribution in [0, 0.1) is 0 Å². The predicted octanol–water partition coefficient (Wildman–Crippen LogP) is 2.55. The second-order valence-corrected chi connectivity index (χ2v) is 4.17. The molecule has 0 aliphatic heterocycles. The maximum atomic E-state index is 2.23. The van der Waals surface area contributed by atoms with Crippen LogP contribution in [0.1, 0.15) is 27.2 Å². The first-order valence-corrected chi connectivity index (χ1v) is 4.44. The van der Waals surface area contributed by atoms with Crippen LogP contribution in [0.25, 0.3) is 0 Å². The van der Waals surface area contributed by atoms with Crippen LogP contribution in [0.2, 0.25) is 0 Å². The van der Waals surface area contributed by atoms with E-state index in [-0.39, 0.29) is 0 Å². The van der Waals surface area contributed by atoms with Crippen LogP contribution in [0.15, 0.2) is 20.0 Å². The van der Waals surface area contributed by atoms with Crippen molar-refractivity contribution in [2.24, 2.45) is 0 Å².